The number of carbonyl (C=O) groups is 1. The van der Waals surface area contributed by atoms with Gasteiger partial charge in [-0.1, -0.05) is 36.9 Å². The Bertz CT molecular complexity index is 428. The average molecular weight is 201 g/mol. The number of nitriles is 1. The first-order valence-electron chi connectivity index (χ1n) is 4.42. The van der Waals surface area contributed by atoms with Crippen LogP contribution in [0.25, 0.3) is 6.08 Å². The lowest BCUT2D eigenvalue weighted by Gasteiger charge is -2.16. The Balaban J connectivity index is 3.21. The van der Waals surface area contributed by atoms with Crippen molar-refractivity contribution in [1.82, 2.24) is 0 Å². The molecule has 0 radical (unpaired) electrons. The van der Waals surface area contributed by atoms with E-state index in [0.717, 1.165) is 5.56 Å². The minimum atomic E-state index is -1.49. The summed E-state index contributed by atoms with van der Waals surface area (Å²) in [5.41, 5.74) is -0.118. The molecule has 76 valence electrons. The zero-order chi connectivity index (χ0) is 11.5. The third-order valence-corrected chi connectivity index (χ3v) is 2.38. The highest BCUT2D eigenvalue weighted by atomic mass is 16.4. The largest absolute Gasteiger partial charge is 0.480 e. The van der Waals surface area contributed by atoms with Gasteiger partial charge in [0.05, 0.1) is 6.07 Å². The highest BCUT2D eigenvalue weighted by molar-refractivity contribution is 5.84. The zero-order valence-corrected chi connectivity index (χ0v) is 8.40. The summed E-state index contributed by atoms with van der Waals surface area (Å²) in [6, 6.07) is 8.55. The summed E-state index contributed by atoms with van der Waals surface area (Å²) >= 11 is 0. The molecule has 0 bridgehead atoms. The van der Waals surface area contributed by atoms with E-state index in [1.807, 2.05) is 0 Å². The maximum absolute atomic E-state index is 11.0. The van der Waals surface area contributed by atoms with Crippen molar-refractivity contribution in [3.05, 3.63) is 42.0 Å². The first-order chi connectivity index (χ1) is 7.04. The van der Waals surface area contributed by atoms with E-state index in [4.69, 9.17) is 10.4 Å². The predicted molar refractivity (Wildman–Crippen MR) is 57.1 cm³/mol. The summed E-state index contributed by atoms with van der Waals surface area (Å²) in [5, 5.41) is 17.9. The van der Waals surface area contributed by atoms with E-state index in [1.165, 1.54) is 6.92 Å². The fraction of sp³-hybridized carbons (Fsp3) is 0.167. The summed E-state index contributed by atoms with van der Waals surface area (Å²) in [6.45, 7) is 4.98. The molecule has 0 aliphatic carbocycles. The molecule has 0 spiro atoms. The van der Waals surface area contributed by atoms with E-state index in [-0.39, 0.29) is 0 Å². The van der Waals surface area contributed by atoms with Crippen LogP contribution in [0.4, 0.5) is 0 Å². The van der Waals surface area contributed by atoms with Crippen LogP contribution >= 0.6 is 0 Å². The van der Waals surface area contributed by atoms with Crippen molar-refractivity contribution in [1.29, 1.82) is 5.26 Å². The van der Waals surface area contributed by atoms with Crippen LogP contribution in [0.2, 0.25) is 0 Å². The second-order valence-corrected chi connectivity index (χ2v) is 3.37. The fourth-order valence-electron chi connectivity index (χ4n) is 1.19. The van der Waals surface area contributed by atoms with E-state index >= 15 is 0 Å². The van der Waals surface area contributed by atoms with Crippen molar-refractivity contribution < 1.29 is 9.90 Å². The van der Waals surface area contributed by atoms with Crippen LogP contribution < -0.4 is 0 Å². The van der Waals surface area contributed by atoms with Gasteiger partial charge in [-0.15, -0.1) is 0 Å². The number of carboxylic acid groups (broad SMARTS) is 1. The molecule has 0 amide bonds. The maximum Gasteiger partial charge on any atom is 0.328 e. The summed E-state index contributed by atoms with van der Waals surface area (Å²) in [4.78, 5) is 11.0. The summed E-state index contributed by atoms with van der Waals surface area (Å²) in [5.74, 6) is -1.14. The molecular formula is C12H11NO2. The van der Waals surface area contributed by atoms with Crippen molar-refractivity contribution in [2.45, 2.75) is 12.3 Å². The molecule has 0 heterocycles. The summed E-state index contributed by atoms with van der Waals surface area (Å²) in [6.07, 6.45) is 1.66. The van der Waals surface area contributed by atoms with Gasteiger partial charge in [-0.25, -0.2) is 0 Å². The second kappa shape index (κ2) is 3.97. The van der Waals surface area contributed by atoms with Crippen LogP contribution in [0.3, 0.4) is 0 Å². The van der Waals surface area contributed by atoms with Gasteiger partial charge in [-0.3, -0.25) is 4.79 Å². The second-order valence-electron chi connectivity index (χ2n) is 3.37. The minimum absolute atomic E-state index is 0.475. The zero-order valence-electron chi connectivity index (χ0n) is 8.40. The van der Waals surface area contributed by atoms with Gasteiger partial charge in [0.25, 0.3) is 0 Å². The Labute approximate surface area is 88.3 Å². The third-order valence-electron chi connectivity index (χ3n) is 2.38. The van der Waals surface area contributed by atoms with E-state index < -0.39 is 11.4 Å². The van der Waals surface area contributed by atoms with E-state index in [1.54, 1.807) is 36.4 Å². The Hall–Kier alpha value is -2.08. The Kier molecular flexibility index (Phi) is 2.91. The van der Waals surface area contributed by atoms with Crippen molar-refractivity contribution in [3.8, 4) is 6.07 Å². The van der Waals surface area contributed by atoms with Crippen LogP contribution in [0.1, 0.15) is 18.1 Å². The lowest BCUT2D eigenvalue weighted by atomic mass is 9.84. The van der Waals surface area contributed by atoms with E-state index in [0.29, 0.717) is 5.56 Å². The number of carboxylic acids is 1. The standard InChI is InChI=1S/C12H11NO2/c1-3-9-4-6-10(7-5-9)12(2,8-13)11(14)15/h3-7H,1H2,2H3,(H,14,15). The highest BCUT2D eigenvalue weighted by Crippen LogP contribution is 2.23. The van der Waals surface area contributed by atoms with Gasteiger partial charge in [-0.05, 0) is 18.1 Å². The molecular weight excluding hydrogens is 190 g/mol. The number of nitrogens with zero attached hydrogens (tertiary/aromatic N) is 1. The molecule has 1 rings (SSSR count). The van der Waals surface area contributed by atoms with Crippen LogP contribution in [-0.4, -0.2) is 11.1 Å². The van der Waals surface area contributed by atoms with Crippen molar-refractivity contribution in [2.24, 2.45) is 0 Å². The molecule has 3 heteroatoms. The van der Waals surface area contributed by atoms with Gasteiger partial charge in [0.2, 0.25) is 0 Å². The molecule has 0 aliphatic rings. The number of hydrogen-bond acceptors (Lipinski definition) is 2. The van der Waals surface area contributed by atoms with E-state index in [9.17, 15) is 4.79 Å². The van der Waals surface area contributed by atoms with Crippen LogP contribution in [0, 0.1) is 11.3 Å². The van der Waals surface area contributed by atoms with E-state index in [2.05, 4.69) is 6.58 Å². The SMILES string of the molecule is C=Cc1ccc(C(C)(C#N)C(=O)O)cc1. The van der Waals surface area contributed by atoms with Gasteiger partial charge in [-0.2, -0.15) is 5.26 Å². The van der Waals surface area contributed by atoms with Crippen LogP contribution in [0.5, 0.6) is 0 Å². The van der Waals surface area contributed by atoms with Gasteiger partial charge in [0, 0.05) is 0 Å². The molecule has 3 nitrogen and oxygen atoms in total. The molecule has 1 aromatic carbocycles. The molecule has 0 saturated heterocycles. The van der Waals surface area contributed by atoms with Gasteiger partial charge in [0.15, 0.2) is 5.41 Å². The first kappa shape index (κ1) is 11.0. The maximum atomic E-state index is 11.0. The normalized spacial score (nSPS) is 13.6. The number of benzene rings is 1. The molecule has 0 fully saturated rings. The molecule has 1 aromatic rings. The predicted octanol–water partition coefficient (Wildman–Crippen LogP) is 2.20. The number of hydrogen-bond donors (Lipinski definition) is 1. The van der Waals surface area contributed by atoms with Crippen molar-refractivity contribution in [3.63, 3.8) is 0 Å². The summed E-state index contributed by atoms with van der Waals surface area (Å²) in [7, 11) is 0. The summed E-state index contributed by atoms with van der Waals surface area (Å²) < 4.78 is 0. The fourth-order valence-corrected chi connectivity index (χ4v) is 1.19. The molecule has 0 saturated carbocycles. The smallest absolute Gasteiger partial charge is 0.328 e. The lowest BCUT2D eigenvalue weighted by Crippen LogP contribution is -2.30. The Morgan fingerprint density at radius 2 is 2.07 bits per heavy atom. The molecule has 0 aliphatic heterocycles. The van der Waals surface area contributed by atoms with Gasteiger partial charge < -0.3 is 5.11 Å². The third kappa shape index (κ3) is 1.89. The quantitative estimate of drug-likeness (QED) is 0.815. The molecule has 15 heavy (non-hydrogen) atoms. The minimum Gasteiger partial charge on any atom is -0.480 e. The van der Waals surface area contributed by atoms with Gasteiger partial charge in [0.1, 0.15) is 0 Å². The van der Waals surface area contributed by atoms with Crippen LogP contribution in [-0.2, 0) is 10.2 Å². The number of aliphatic carboxylic acids is 1. The topological polar surface area (TPSA) is 61.1 Å². The lowest BCUT2D eigenvalue weighted by molar-refractivity contribution is -0.141. The Morgan fingerprint density at radius 1 is 1.53 bits per heavy atom. The van der Waals surface area contributed by atoms with Crippen molar-refractivity contribution in [2.75, 3.05) is 0 Å². The van der Waals surface area contributed by atoms with Gasteiger partial charge >= 0.3 is 5.97 Å². The highest BCUT2D eigenvalue weighted by Gasteiger charge is 2.35. The molecule has 0 aromatic heterocycles. The first-order valence-corrected chi connectivity index (χ1v) is 4.42. The Morgan fingerprint density at radius 3 is 2.40 bits per heavy atom. The molecule has 1 N–H and O–H groups in total. The average Bonchev–Trinajstić information content (AvgIpc) is 2.28. The molecule has 1 atom stereocenters. The molecule has 1 unspecified atom stereocenters. The monoisotopic (exact) mass is 201 g/mol. The van der Waals surface area contributed by atoms with Crippen molar-refractivity contribution >= 4 is 12.0 Å². The number of rotatable bonds is 3. The van der Waals surface area contributed by atoms with Crippen LogP contribution in [0.15, 0.2) is 30.8 Å².